The molecule has 0 aromatic heterocycles. The van der Waals surface area contributed by atoms with Gasteiger partial charge >= 0.3 is 0 Å². The highest BCUT2D eigenvalue weighted by Gasteiger charge is 2.21. The maximum Gasteiger partial charge on any atom is 0.234 e. The van der Waals surface area contributed by atoms with Crippen LogP contribution in [0.4, 0.5) is 5.69 Å². The molecule has 0 spiro atoms. The number of piperazine rings is 1. The predicted molar refractivity (Wildman–Crippen MR) is 112 cm³/mol. The lowest BCUT2D eigenvalue weighted by Gasteiger charge is -2.36. The molecule has 2 aromatic carbocycles. The Morgan fingerprint density at radius 3 is 2.44 bits per heavy atom. The van der Waals surface area contributed by atoms with E-state index in [1.54, 1.807) is 7.11 Å². The molecule has 5 nitrogen and oxygen atoms in total. The molecule has 27 heavy (non-hydrogen) atoms. The molecule has 1 saturated heterocycles. The minimum atomic E-state index is 0.000434. The van der Waals surface area contributed by atoms with Crippen LogP contribution in [0.2, 0.25) is 0 Å². The zero-order chi connectivity index (χ0) is 19.2. The van der Waals surface area contributed by atoms with Gasteiger partial charge < -0.3 is 15.0 Å². The van der Waals surface area contributed by atoms with Gasteiger partial charge in [0.1, 0.15) is 5.75 Å². The fourth-order valence-corrected chi connectivity index (χ4v) is 3.63. The number of carbonyl (C=O) groups excluding carboxylic acids is 1. The van der Waals surface area contributed by atoms with E-state index in [9.17, 15) is 4.79 Å². The van der Waals surface area contributed by atoms with Crippen LogP contribution in [0.5, 0.6) is 5.75 Å². The maximum atomic E-state index is 12.4. The molecule has 1 N–H and O–H groups in total. The molecule has 3 rings (SSSR count). The molecular formula is C21H26BrN3O2. The third kappa shape index (κ3) is 5.23. The number of para-hydroxylation sites is 2. The topological polar surface area (TPSA) is 44.8 Å². The van der Waals surface area contributed by atoms with Crippen molar-refractivity contribution in [2.24, 2.45) is 0 Å². The Labute approximate surface area is 169 Å². The van der Waals surface area contributed by atoms with Gasteiger partial charge in [0.25, 0.3) is 0 Å². The first-order chi connectivity index (χ1) is 13.1. The summed E-state index contributed by atoms with van der Waals surface area (Å²) >= 11 is 3.44. The molecule has 1 fully saturated rings. The van der Waals surface area contributed by atoms with Gasteiger partial charge in [-0.25, -0.2) is 0 Å². The van der Waals surface area contributed by atoms with Crippen molar-refractivity contribution < 1.29 is 9.53 Å². The van der Waals surface area contributed by atoms with Crippen LogP contribution in [0.25, 0.3) is 0 Å². The average molecular weight is 432 g/mol. The van der Waals surface area contributed by atoms with Crippen molar-refractivity contribution >= 4 is 27.5 Å². The molecule has 1 aliphatic heterocycles. The smallest absolute Gasteiger partial charge is 0.234 e. The van der Waals surface area contributed by atoms with E-state index in [1.807, 2.05) is 49.4 Å². The SMILES string of the molecule is COc1ccccc1N1CCN(CC(=O)NC(C)c2ccc(Br)cc2)CC1. The Morgan fingerprint density at radius 2 is 1.78 bits per heavy atom. The molecule has 1 atom stereocenters. The van der Waals surface area contributed by atoms with E-state index in [2.05, 4.69) is 37.1 Å². The summed E-state index contributed by atoms with van der Waals surface area (Å²) in [5.41, 5.74) is 2.22. The second kappa shape index (κ2) is 9.24. The molecule has 0 bridgehead atoms. The van der Waals surface area contributed by atoms with Gasteiger partial charge in [0.15, 0.2) is 0 Å². The molecule has 0 saturated carbocycles. The molecule has 6 heteroatoms. The number of methoxy groups -OCH3 is 1. The summed E-state index contributed by atoms with van der Waals surface area (Å²) in [6.07, 6.45) is 0. The van der Waals surface area contributed by atoms with Gasteiger partial charge in [0.05, 0.1) is 25.4 Å². The summed E-state index contributed by atoms with van der Waals surface area (Å²) in [6, 6.07) is 16.1. The van der Waals surface area contributed by atoms with Crippen molar-refractivity contribution in [1.82, 2.24) is 10.2 Å². The Kier molecular flexibility index (Phi) is 6.74. The number of benzene rings is 2. The summed E-state index contributed by atoms with van der Waals surface area (Å²) in [5, 5.41) is 3.09. The number of rotatable bonds is 6. The molecule has 144 valence electrons. The highest BCUT2D eigenvalue weighted by molar-refractivity contribution is 9.10. The Morgan fingerprint density at radius 1 is 1.11 bits per heavy atom. The normalized spacial score (nSPS) is 16.0. The second-order valence-electron chi connectivity index (χ2n) is 6.78. The zero-order valence-corrected chi connectivity index (χ0v) is 17.4. The molecule has 2 aromatic rings. The summed E-state index contributed by atoms with van der Waals surface area (Å²) in [4.78, 5) is 16.9. The highest BCUT2D eigenvalue weighted by atomic mass is 79.9. The summed E-state index contributed by atoms with van der Waals surface area (Å²) in [5.74, 6) is 0.961. The number of hydrogen-bond acceptors (Lipinski definition) is 4. The largest absolute Gasteiger partial charge is 0.495 e. The highest BCUT2D eigenvalue weighted by Crippen LogP contribution is 2.28. The van der Waals surface area contributed by atoms with Gasteiger partial charge in [-0.05, 0) is 36.8 Å². The van der Waals surface area contributed by atoms with Crippen molar-refractivity contribution in [1.29, 1.82) is 0 Å². The third-order valence-electron chi connectivity index (χ3n) is 4.91. The minimum Gasteiger partial charge on any atom is -0.495 e. The van der Waals surface area contributed by atoms with Crippen molar-refractivity contribution in [3.8, 4) is 5.75 Å². The van der Waals surface area contributed by atoms with Crippen LogP contribution in [-0.4, -0.2) is 50.6 Å². The number of halogens is 1. The van der Waals surface area contributed by atoms with Crippen LogP contribution in [0.15, 0.2) is 53.0 Å². The lowest BCUT2D eigenvalue weighted by Crippen LogP contribution is -2.49. The lowest BCUT2D eigenvalue weighted by molar-refractivity contribution is -0.123. The Hall–Kier alpha value is -2.05. The second-order valence-corrected chi connectivity index (χ2v) is 7.69. The summed E-state index contributed by atoms with van der Waals surface area (Å²) in [6.45, 7) is 5.93. The average Bonchev–Trinajstić information content (AvgIpc) is 2.69. The van der Waals surface area contributed by atoms with E-state index in [0.29, 0.717) is 6.54 Å². The Bertz CT molecular complexity index is 758. The molecular weight excluding hydrogens is 406 g/mol. The standard InChI is InChI=1S/C21H26BrN3O2/c1-16(17-7-9-18(22)10-8-17)23-21(26)15-24-11-13-25(14-12-24)19-5-3-4-6-20(19)27-2/h3-10,16H,11-15H2,1-2H3,(H,23,26). The van der Waals surface area contributed by atoms with E-state index in [0.717, 1.165) is 47.7 Å². The van der Waals surface area contributed by atoms with E-state index in [-0.39, 0.29) is 11.9 Å². The van der Waals surface area contributed by atoms with Gasteiger partial charge in [-0.1, -0.05) is 40.2 Å². The van der Waals surface area contributed by atoms with Crippen molar-refractivity contribution in [3.05, 3.63) is 58.6 Å². The van der Waals surface area contributed by atoms with Crippen LogP contribution in [-0.2, 0) is 4.79 Å². The number of amides is 1. The fourth-order valence-electron chi connectivity index (χ4n) is 3.36. The molecule has 1 heterocycles. The van der Waals surface area contributed by atoms with E-state index in [4.69, 9.17) is 4.74 Å². The third-order valence-corrected chi connectivity index (χ3v) is 5.44. The van der Waals surface area contributed by atoms with Gasteiger partial charge in [-0.2, -0.15) is 0 Å². The van der Waals surface area contributed by atoms with Crippen LogP contribution < -0.4 is 15.0 Å². The summed E-state index contributed by atoms with van der Waals surface area (Å²) < 4.78 is 6.50. The number of nitrogens with one attached hydrogen (secondary N) is 1. The van der Waals surface area contributed by atoms with Gasteiger partial charge in [0, 0.05) is 30.7 Å². The number of anilines is 1. The van der Waals surface area contributed by atoms with Crippen molar-refractivity contribution in [2.75, 3.05) is 44.7 Å². The van der Waals surface area contributed by atoms with Gasteiger partial charge in [-0.3, -0.25) is 9.69 Å². The molecule has 1 unspecified atom stereocenters. The monoisotopic (exact) mass is 431 g/mol. The van der Waals surface area contributed by atoms with Crippen molar-refractivity contribution in [3.63, 3.8) is 0 Å². The van der Waals surface area contributed by atoms with Crippen LogP contribution >= 0.6 is 15.9 Å². The number of ether oxygens (including phenoxy) is 1. The quantitative estimate of drug-likeness (QED) is 0.760. The van der Waals surface area contributed by atoms with Crippen molar-refractivity contribution in [2.45, 2.75) is 13.0 Å². The van der Waals surface area contributed by atoms with E-state index in [1.165, 1.54) is 0 Å². The first-order valence-electron chi connectivity index (χ1n) is 9.22. The minimum absolute atomic E-state index is 0.000434. The van der Waals surface area contributed by atoms with E-state index >= 15 is 0 Å². The first-order valence-corrected chi connectivity index (χ1v) is 10.0. The van der Waals surface area contributed by atoms with Crippen LogP contribution in [0.3, 0.4) is 0 Å². The number of carbonyl (C=O) groups is 1. The molecule has 0 radical (unpaired) electrons. The first kappa shape index (κ1) is 19.7. The van der Waals surface area contributed by atoms with Crippen LogP contribution in [0, 0.1) is 0 Å². The summed E-state index contributed by atoms with van der Waals surface area (Å²) in [7, 11) is 1.70. The maximum absolute atomic E-state index is 12.4. The number of hydrogen-bond donors (Lipinski definition) is 1. The Balaban J connectivity index is 1.48. The lowest BCUT2D eigenvalue weighted by atomic mass is 10.1. The van der Waals surface area contributed by atoms with Crippen LogP contribution in [0.1, 0.15) is 18.5 Å². The van der Waals surface area contributed by atoms with E-state index < -0.39 is 0 Å². The molecule has 0 aliphatic carbocycles. The fraction of sp³-hybridized carbons (Fsp3) is 0.381. The predicted octanol–water partition coefficient (Wildman–Crippen LogP) is 3.46. The molecule has 1 aliphatic rings. The number of nitrogens with zero attached hydrogens (tertiary/aromatic N) is 2. The molecule has 1 amide bonds. The zero-order valence-electron chi connectivity index (χ0n) is 15.8. The van der Waals surface area contributed by atoms with Gasteiger partial charge in [0.2, 0.25) is 5.91 Å². The van der Waals surface area contributed by atoms with Gasteiger partial charge in [-0.15, -0.1) is 0 Å².